The number of amides is 2. The lowest BCUT2D eigenvalue weighted by molar-refractivity contribution is -0.127. The van der Waals surface area contributed by atoms with E-state index in [-0.39, 0.29) is 17.5 Å². The number of furan rings is 1. The molecule has 130 valence electrons. The fourth-order valence-electron chi connectivity index (χ4n) is 2.90. The molecular formula is C20H22N2O3. The van der Waals surface area contributed by atoms with Crippen molar-refractivity contribution in [3.63, 3.8) is 0 Å². The minimum absolute atomic E-state index is 0.164. The number of carbonyl (C=O) groups excluding carboxylic acids is 2. The number of benzene rings is 1. The van der Waals surface area contributed by atoms with Gasteiger partial charge in [-0.1, -0.05) is 31.0 Å². The Kier molecular flexibility index (Phi) is 5.67. The lowest BCUT2D eigenvalue weighted by Crippen LogP contribution is -2.38. The van der Waals surface area contributed by atoms with E-state index < -0.39 is 0 Å². The second-order valence-corrected chi connectivity index (χ2v) is 6.10. The number of hydrogen-bond donors (Lipinski definition) is 1. The summed E-state index contributed by atoms with van der Waals surface area (Å²) in [4.78, 5) is 27.2. The predicted molar refractivity (Wildman–Crippen MR) is 95.6 cm³/mol. The summed E-state index contributed by atoms with van der Waals surface area (Å²) in [5.41, 5.74) is 0.752. The average molecular weight is 338 g/mol. The molecule has 1 aromatic heterocycles. The molecule has 0 aliphatic carbocycles. The van der Waals surface area contributed by atoms with E-state index in [4.69, 9.17) is 4.42 Å². The molecule has 1 aliphatic rings. The Balaban J connectivity index is 1.82. The van der Waals surface area contributed by atoms with Gasteiger partial charge in [0.05, 0.1) is 6.26 Å². The minimum Gasteiger partial charge on any atom is -0.465 e. The third-order valence-electron chi connectivity index (χ3n) is 4.24. The summed E-state index contributed by atoms with van der Waals surface area (Å²) in [5.74, 6) is 0.0655. The van der Waals surface area contributed by atoms with E-state index in [1.54, 1.807) is 48.7 Å². The van der Waals surface area contributed by atoms with Crippen molar-refractivity contribution in [3.8, 4) is 0 Å². The average Bonchev–Trinajstić information content (AvgIpc) is 3.00. The van der Waals surface area contributed by atoms with Gasteiger partial charge >= 0.3 is 0 Å². The van der Waals surface area contributed by atoms with Gasteiger partial charge < -0.3 is 14.6 Å². The molecule has 5 nitrogen and oxygen atoms in total. The molecule has 1 saturated heterocycles. The quantitative estimate of drug-likeness (QED) is 0.869. The van der Waals surface area contributed by atoms with Crippen molar-refractivity contribution in [3.05, 3.63) is 65.7 Å². The second-order valence-electron chi connectivity index (χ2n) is 6.10. The fourth-order valence-corrected chi connectivity index (χ4v) is 2.90. The fraction of sp³-hybridized carbons (Fsp3) is 0.300. The maximum absolute atomic E-state index is 12.9. The largest absolute Gasteiger partial charge is 0.465 e. The zero-order chi connectivity index (χ0) is 17.5. The summed E-state index contributed by atoms with van der Waals surface area (Å²) in [5, 5.41) is 2.76. The number of hydrogen-bond acceptors (Lipinski definition) is 3. The highest BCUT2D eigenvalue weighted by atomic mass is 16.3. The molecule has 2 heterocycles. The van der Waals surface area contributed by atoms with Gasteiger partial charge in [0.1, 0.15) is 11.5 Å². The van der Waals surface area contributed by atoms with E-state index >= 15 is 0 Å². The molecule has 2 aromatic rings. The zero-order valence-electron chi connectivity index (χ0n) is 14.1. The van der Waals surface area contributed by atoms with Crippen LogP contribution in [0.25, 0.3) is 6.08 Å². The molecular weight excluding hydrogens is 316 g/mol. The molecule has 2 amide bonds. The molecule has 3 rings (SSSR count). The van der Waals surface area contributed by atoms with Crippen molar-refractivity contribution in [2.45, 2.75) is 25.7 Å². The maximum atomic E-state index is 12.9. The second kappa shape index (κ2) is 8.33. The molecule has 25 heavy (non-hydrogen) atoms. The summed E-state index contributed by atoms with van der Waals surface area (Å²) in [6.07, 6.45) is 7.39. The van der Waals surface area contributed by atoms with E-state index in [0.717, 1.165) is 38.8 Å². The first-order valence-corrected chi connectivity index (χ1v) is 8.65. The lowest BCUT2D eigenvalue weighted by atomic mass is 10.2. The minimum atomic E-state index is -0.304. The first-order valence-electron chi connectivity index (χ1n) is 8.65. The molecule has 0 saturated carbocycles. The van der Waals surface area contributed by atoms with Crippen LogP contribution < -0.4 is 5.32 Å². The molecule has 0 atom stereocenters. The third kappa shape index (κ3) is 4.59. The highest BCUT2D eigenvalue weighted by Gasteiger charge is 2.22. The molecule has 1 aliphatic heterocycles. The van der Waals surface area contributed by atoms with Gasteiger partial charge in [0, 0.05) is 24.7 Å². The van der Waals surface area contributed by atoms with Crippen molar-refractivity contribution < 1.29 is 14.0 Å². The standard InChI is InChI=1S/C20H22N2O3/c23-19(16-9-4-3-5-10-16)21-18(15-17-11-8-14-25-17)20(24)22-12-6-1-2-7-13-22/h3-5,8-11,14-15H,1-2,6-7,12-13H2,(H,21,23)/b18-15-. The van der Waals surface area contributed by atoms with Crippen LogP contribution in [-0.2, 0) is 4.79 Å². The van der Waals surface area contributed by atoms with Gasteiger partial charge in [-0.3, -0.25) is 9.59 Å². The highest BCUT2D eigenvalue weighted by Crippen LogP contribution is 2.14. The smallest absolute Gasteiger partial charge is 0.270 e. The highest BCUT2D eigenvalue weighted by molar-refractivity contribution is 6.05. The molecule has 0 unspecified atom stereocenters. The summed E-state index contributed by atoms with van der Waals surface area (Å²) in [6.45, 7) is 1.44. The molecule has 1 aromatic carbocycles. The Morgan fingerprint density at radius 3 is 2.32 bits per heavy atom. The van der Waals surface area contributed by atoms with Gasteiger partial charge in [0.15, 0.2) is 0 Å². The van der Waals surface area contributed by atoms with E-state index in [1.165, 1.54) is 0 Å². The predicted octanol–water partition coefficient (Wildman–Crippen LogP) is 3.45. The number of likely N-dealkylation sites (tertiary alicyclic amines) is 1. The molecule has 1 N–H and O–H groups in total. The third-order valence-corrected chi connectivity index (χ3v) is 4.24. The van der Waals surface area contributed by atoms with Gasteiger partial charge in [-0.2, -0.15) is 0 Å². The van der Waals surface area contributed by atoms with Gasteiger partial charge in [-0.15, -0.1) is 0 Å². The number of nitrogens with one attached hydrogen (secondary N) is 1. The Bertz CT molecular complexity index is 728. The Morgan fingerprint density at radius 2 is 1.68 bits per heavy atom. The van der Waals surface area contributed by atoms with Crippen molar-refractivity contribution in [1.29, 1.82) is 0 Å². The monoisotopic (exact) mass is 338 g/mol. The summed E-state index contributed by atoms with van der Waals surface area (Å²) >= 11 is 0. The van der Waals surface area contributed by atoms with Crippen LogP contribution >= 0.6 is 0 Å². The van der Waals surface area contributed by atoms with Crippen LogP contribution in [0, 0.1) is 0 Å². The lowest BCUT2D eigenvalue weighted by Gasteiger charge is -2.22. The Morgan fingerprint density at radius 1 is 0.960 bits per heavy atom. The van der Waals surface area contributed by atoms with Crippen molar-refractivity contribution in [2.24, 2.45) is 0 Å². The Hall–Kier alpha value is -2.82. The van der Waals surface area contributed by atoms with Gasteiger partial charge in [-0.05, 0) is 37.1 Å². The number of nitrogens with zero attached hydrogens (tertiary/aromatic N) is 1. The van der Waals surface area contributed by atoms with Crippen LogP contribution in [0.3, 0.4) is 0 Å². The SMILES string of the molecule is O=C(N/C(=C\c1ccco1)C(=O)N1CCCCCC1)c1ccccc1. The van der Waals surface area contributed by atoms with E-state index in [2.05, 4.69) is 5.32 Å². The van der Waals surface area contributed by atoms with E-state index in [0.29, 0.717) is 11.3 Å². The molecule has 0 bridgehead atoms. The normalized spacial score (nSPS) is 15.5. The summed E-state index contributed by atoms with van der Waals surface area (Å²) < 4.78 is 5.32. The number of carbonyl (C=O) groups is 2. The van der Waals surface area contributed by atoms with Crippen molar-refractivity contribution >= 4 is 17.9 Å². The zero-order valence-corrected chi connectivity index (χ0v) is 14.1. The van der Waals surface area contributed by atoms with Crippen molar-refractivity contribution in [2.75, 3.05) is 13.1 Å². The van der Waals surface area contributed by atoms with Crippen LogP contribution in [-0.4, -0.2) is 29.8 Å². The van der Waals surface area contributed by atoms with Crippen LogP contribution in [0.15, 0.2) is 58.8 Å². The van der Waals surface area contributed by atoms with Gasteiger partial charge in [0.2, 0.25) is 0 Å². The first kappa shape index (κ1) is 17.0. The van der Waals surface area contributed by atoms with Crippen molar-refractivity contribution in [1.82, 2.24) is 10.2 Å². The van der Waals surface area contributed by atoms with Crippen LogP contribution in [0.1, 0.15) is 41.8 Å². The summed E-state index contributed by atoms with van der Waals surface area (Å²) in [6, 6.07) is 12.4. The topological polar surface area (TPSA) is 62.6 Å². The maximum Gasteiger partial charge on any atom is 0.270 e. The molecule has 1 fully saturated rings. The molecule has 5 heteroatoms. The van der Waals surface area contributed by atoms with Gasteiger partial charge in [-0.25, -0.2) is 0 Å². The van der Waals surface area contributed by atoms with E-state index in [1.807, 2.05) is 11.0 Å². The van der Waals surface area contributed by atoms with Crippen LogP contribution in [0.4, 0.5) is 0 Å². The molecule has 0 radical (unpaired) electrons. The Labute approximate surface area is 147 Å². The van der Waals surface area contributed by atoms with Crippen LogP contribution in [0.2, 0.25) is 0 Å². The first-order chi connectivity index (χ1) is 12.2. The summed E-state index contributed by atoms with van der Waals surface area (Å²) in [7, 11) is 0. The molecule has 0 spiro atoms. The number of rotatable bonds is 4. The van der Waals surface area contributed by atoms with Gasteiger partial charge in [0.25, 0.3) is 11.8 Å². The van der Waals surface area contributed by atoms with E-state index in [9.17, 15) is 9.59 Å². The van der Waals surface area contributed by atoms with Crippen LogP contribution in [0.5, 0.6) is 0 Å².